The van der Waals surface area contributed by atoms with E-state index in [1.807, 2.05) is 29.1 Å². The monoisotopic (exact) mass is 214 g/mol. The van der Waals surface area contributed by atoms with Crippen molar-refractivity contribution in [1.29, 1.82) is 0 Å². The summed E-state index contributed by atoms with van der Waals surface area (Å²) in [5.41, 5.74) is 2.50. The fourth-order valence-electron chi connectivity index (χ4n) is 2.09. The van der Waals surface area contributed by atoms with E-state index in [2.05, 4.69) is 23.3 Å². The first-order chi connectivity index (χ1) is 7.92. The summed E-state index contributed by atoms with van der Waals surface area (Å²) in [6.07, 6.45) is 3.11. The Labute approximate surface area is 94.7 Å². The van der Waals surface area contributed by atoms with Crippen molar-refractivity contribution in [3.05, 3.63) is 53.9 Å². The third-order valence-electron chi connectivity index (χ3n) is 2.95. The fourth-order valence-corrected chi connectivity index (χ4v) is 2.09. The van der Waals surface area contributed by atoms with Gasteiger partial charge in [0.15, 0.2) is 0 Å². The van der Waals surface area contributed by atoms with Crippen LogP contribution in [0.1, 0.15) is 11.3 Å². The molecule has 0 aliphatic carbocycles. The number of nitrogens with zero attached hydrogens (tertiary/aromatic N) is 2. The smallest absolute Gasteiger partial charge is 0.0830 e. The van der Waals surface area contributed by atoms with Crippen molar-refractivity contribution in [3.63, 3.8) is 0 Å². The van der Waals surface area contributed by atoms with E-state index < -0.39 is 0 Å². The van der Waals surface area contributed by atoms with Gasteiger partial charge in [-0.1, -0.05) is 30.3 Å². The van der Waals surface area contributed by atoms with Crippen LogP contribution >= 0.6 is 0 Å². The molecule has 1 aromatic heterocycles. The van der Waals surface area contributed by atoms with Crippen molar-refractivity contribution >= 4 is 0 Å². The Kier molecular flexibility index (Phi) is 2.46. The number of ether oxygens (including phenoxy) is 1. The molecule has 0 saturated carbocycles. The van der Waals surface area contributed by atoms with Crippen LogP contribution in [0.3, 0.4) is 0 Å². The molecule has 3 rings (SSSR count). The van der Waals surface area contributed by atoms with Gasteiger partial charge in [-0.15, -0.1) is 0 Å². The van der Waals surface area contributed by atoms with Gasteiger partial charge in [0.2, 0.25) is 0 Å². The van der Waals surface area contributed by atoms with Crippen molar-refractivity contribution in [3.8, 4) is 0 Å². The van der Waals surface area contributed by atoms with Crippen LogP contribution < -0.4 is 0 Å². The average molecular weight is 214 g/mol. The van der Waals surface area contributed by atoms with Crippen molar-refractivity contribution in [2.45, 2.75) is 25.7 Å². The van der Waals surface area contributed by atoms with Crippen molar-refractivity contribution < 1.29 is 4.74 Å². The molecule has 2 heterocycles. The zero-order valence-electron chi connectivity index (χ0n) is 9.04. The highest BCUT2D eigenvalue weighted by Gasteiger charge is 2.21. The summed E-state index contributed by atoms with van der Waals surface area (Å²) >= 11 is 0. The van der Waals surface area contributed by atoms with Crippen LogP contribution in [-0.2, 0) is 24.3 Å². The van der Waals surface area contributed by atoms with Gasteiger partial charge in [0.1, 0.15) is 0 Å². The summed E-state index contributed by atoms with van der Waals surface area (Å²) in [5.74, 6) is 0. The van der Waals surface area contributed by atoms with Gasteiger partial charge in [-0.3, -0.25) is 4.68 Å². The number of benzene rings is 1. The van der Waals surface area contributed by atoms with Crippen molar-refractivity contribution in [2.75, 3.05) is 0 Å². The van der Waals surface area contributed by atoms with Gasteiger partial charge in [0.25, 0.3) is 0 Å². The first-order valence-corrected chi connectivity index (χ1v) is 5.58. The third-order valence-corrected chi connectivity index (χ3v) is 2.95. The van der Waals surface area contributed by atoms with Crippen molar-refractivity contribution in [2.24, 2.45) is 0 Å². The summed E-state index contributed by atoms with van der Waals surface area (Å²) in [6, 6.07) is 12.3. The zero-order valence-corrected chi connectivity index (χ0v) is 9.04. The molecule has 3 nitrogen and oxygen atoms in total. The fraction of sp³-hybridized carbons (Fsp3) is 0.308. The van der Waals surface area contributed by atoms with Gasteiger partial charge >= 0.3 is 0 Å². The van der Waals surface area contributed by atoms with E-state index in [1.165, 1.54) is 11.3 Å². The van der Waals surface area contributed by atoms with Crippen LogP contribution in [0.25, 0.3) is 0 Å². The van der Waals surface area contributed by atoms with E-state index in [4.69, 9.17) is 4.74 Å². The summed E-state index contributed by atoms with van der Waals surface area (Å²) in [7, 11) is 0. The van der Waals surface area contributed by atoms with Crippen LogP contribution in [-0.4, -0.2) is 15.9 Å². The Bertz CT molecular complexity index is 443. The normalized spacial score (nSPS) is 18.6. The Morgan fingerprint density at radius 2 is 2.12 bits per heavy atom. The lowest BCUT2D eigenvalue weighted by Gasteiger charge is -2.10. The van der Waals surface area contributed by atoms with E-state index in [9.17, 15) is 0 Å². The minimum atomic E-state index is 0.281. The number of hydrogen-bond donors (Lipinski definition) is 0. The minimum absolute atomic E-state index is 0.281. The first-order valence-electron chi connectivity index (χ1n) is 5.58. The highest BCUT2D eigenvalue weighted by Crippen LogP contribution is 2.17. The predicted octanol–water partition coefficient (Wildman–Crippen LogP) is 2.02. The molecule has 2 aromatic rings. The maximum absolute atomic E-state index is 5.87. The molecule has 0 amide bonds. The Morgan fingerprint density at radius 3 is 2.94 bits per heavy atom. The number of fused-ring (bicyclic) bond motifs is 1. The van der Waals surface area contributed by atoms with Crippen molar-refractivity contribution in [1.82, 2.24) is 9.78 Å². The maximum Gasteiger partial charge on any atom is 0.0830 e. The predicted molar refractivity (Wildman–Crippen MR) is 61.0 cm³/mol. The molecule has 1 unspecified atom stereocenters. The molecule has 0 saturated heterocycles. The van der Waals surface area contributed by atoms with E-state index in [1.54, 1.807) is 0 Å². The molecule has 0 fully saturated rings. The molecule has 16 heavy (non-hydrogen) atoms. The second kappa shape index (κ2) is 4.10. The molecule has 1 aromatic carbocycles. The molecule has 3 heteroatoms. The van der Waals surface area contributed by atoms with Crippen LogP contribution in [0.15, 0.2) is 42.6 Å². The van der Waals surface area contributed by atoms with E-state index in [0.29, 0.717) is 6.61 Å². The quantitative estimate of drug-likeness (QED) is 0.781. The Hall–Kier alpha value is -1.61. The molecule has 0 bridgehead atoms. The summed E-state index contributed by atoms with van der Waals surface area (Å²) in [6.45, 7) is 1.57. The lowest BCUT2D eigenvalue weighted by atomic mass is 10.2. The first kappa shape index (κ1) is 9.60. The largest absolute Gasteiger partial charge is 0.371 e. The molecular weight excluding hydrogens is 200 g/mol. The number of rotatable bonds is 3. The summed E-state index contributed by atoms with van der Waals surface area (Å²) < 4.78 is 7.89. The van der Waals surface area contributed by atoms with Crippen LogP contribution in [0, 0.1) is 0 Å². The molecular formula is C13H14N2O. The van der Waals surface area contributed by atoms with Crippen LogP contribution in [0.4, 0.5) is 0 Å². The second-order valence-electron chi connectivity index (χ2n) is 4.13. The lowest BCUT2D eigenvalue weighted by molar-refractivity contribution is 0.0403. The van der Waals surface area contributed by atoms with Crippen LogP contribution in [0.2, 0.25) is 0 Å². The van der Waals surface area contributed by atoms with Gasteiger partial charge < -0.3 is 4.74 Å². The summed E-state index contributed by atoms with van der Waals surface area (Å²) in [4.78, 5) is 0. The average Bonchev–Trinajstić information content (AvgIpc) is 2.88. The van der Waals surface area contributed by atoms with Gasteiger partial charge in [0.05, 0.1) is 19.3 Å². The third kappa shape index (κ3) is 1.86. The van der Waals surface area contributed by atoms with Gasteiger partial charge in [-0.2, -0.15) is 5.10 Å². The zero-order chi connectivity index (χ0) is 10.8. The SMILES string of the molecule is c1ccc(COC2Cc3ccnn3C2)cc1. The molecule has 0 radical (unpaired) electrons. The molecule has 0 spiro atoms. The van der Waals surface area contributed by atoms with E-state index >= 15 is 0 Å². The summed E-state index contributed by atoms with van der Waals surface area (Å²) in [5, 5.41) is 4.24. The molecule has 0 N–H and O–H groups in total. The molecule has 1 aliphatic heterocycles. The van der Waals surface area contributed by atoms with Crippen LogP contribution in [0.5, 0.6) is 0 Å². The second-order valence-corrected chi connectivity index (χ2v) is 4.13. The molecule has 1 aliphatic rings. The highest BCUT2D eigenvalue weighted by atomic mass is 16.5. The van der Waals surface area contributed by atoms with Gasteiger partial charge in [0, 0.05) is 18.3 Å². The Balaban J connectivity index is 1.57. The van der Waals surface area contributed by atoms with E-state index in [-0.39, 0.29) is 6.10 Å². The number of aromatic nitrogens is 2. The topological polar surface area (TPSA) is 27.1 Å². The minimum Gasteiger partial charge on any atom is -0.371 e. The molecule has 82 valence electrons. The lowest BCUT2D eigenvalue weighted by Crippen LogP contribution is -2.14. The Morgan fingerprint density at radius 1 is 1.25 bits per heavy atom. The van der Waals surface area contributed by atoms with Gasteiger partial charge in [-0.25, -0.2) is 0 Å². The molecule has 1 atom stereocenters. The standard InChI is InChI=1S/C13H14N2O/c1-2-4-11(5-3-1)10-16-13-8-12-6-7-14-15(12)9-13/h1-7,13H,8-10H2. The highest BCUT2D eigenvalue weighted by molar-refractivity contribution is 5.13. The van der Waals surface area contributed by atoms with E-state index in [0.717, 1.165) is 13.0 Å². The maximum atomic E-state index is 5.87. The van der Waals surface area contributed by atoms with Gasteiger partial charge in [-0.05, 0) is 11.6 Å². The number of hydrogen-bond acceptors (Lipinski definition) is 2.